The molecule has 10 nitrogen and oxygen atoms in total. The highest BCUT2D eigenvalue weighted by Crippen LogP contribution is 2.36. The van der Waals surface area contributed by atoms with Gasteiger partial charge in [-0.2, -0.15) is 0 Å². The van der Waals surface area contributed by atoms with Crippen LogP contribution in [0.3, 0.4) is 0 Å². The number of fused-ring (bicyclic) bond motifs is 3. The first-order chi connectivity index (χ1) is 15.6. The van der Waals surface area contributed by atoms with Gasteiger partial charge in [0.15, 0.2) is 9.84 Å². The molecule has 0 aromatic heterocycles. The molecule has 1 saturated carbocycles. The molecular formula is C22H26N4O6S. The summed E-state index contributed by atoms with van der Waals surface area (Å²) in [4.78, 5) is 50.4. The molecule has 2 bridgehead atoms. The second-order valence-corrected chi connectivity index (χ2v) is 11.7. The van der Waals surface area contributed by atoms with Crippen molar-refractivity contribution < 1.29 is 27.6 Å². The van der Waals surface area contributed by atoms with Crippen LogP contribution in [0.25, 0.3) is 0 Å². The van der Waals surface area contributed by atoms with E-state index in [0.717, 1.165) is 10.5 Å². The van der Waals surface area contributed by atoms with E-state index >= 15 is 0 Å². The summed E-state index contributed by atoms with van der Waals surface area (Å²) in [6.45, 7) is 0.417. The lowest BCUT2D eigenvalue weighted by Crippen LogP contribution is -2.57. The minimum Gasteiger partial charge on any atom is -0.328 e. The SMILES string of the molecule is NC1CC2CS(=O)(=O)CC(C1)C2NCc1ccc2c(c1)C(=O)N(C1CCC(=O)NC1=O)C2=O. The summed E-state index contributed by atoms with van der Waals surface area (Å²) in [5, 5.41) is 5.66. The number of hydrogen-bond acceptors (Lipinski definition) is 8. The van der Waals surface area contributed by atoms with E-state index in [1.54, 1.807) is 18.2 Å². The molecular weight excluding hydrogens is 448 g/mol. The van der Waals surface area contributed by atoms with Gasteiger partial charge in [-0.25, -0.2) is 8.42 Å². The molecule has 0 radical (unpaired) electrons. The van der Waals surface area contributed by atoms with Crippen molar-refractivity contribution >= 4 is 33.5 Å². The zero-order valence-corrected chi connectivity index (χ0v) is 18.8. The first-order valence-corrected chi connectivity index (χ1v) is 13.0. The Morgan fingerprint density at radius 1 is 1.03 bits per heavy atom. The van der Waals surface area contributed by atoms with E-state index in [-0.39, 0.29) is 59.4 Å². The lowest BCUT2D eigenvalue weighted by Gasteiger charge is -2.45. The Balaban J connectivity index is 1.31. The molecule has 0 spiro atoms. The Bertz CT molecular complexity index is 1140. The Kier molecular flexibility index (Phi) is 5.37. The smallest absolute Gasteiger partial charge is 0.262 e. The molecule has 11 heteroatoms. The number of carbonyl (C=O) groups is 4. The highest BCUT2D eigenvalue weighted by atomic mass is 32.2. The predicted molar refractivity (Wildman–Crippen MR) is 117 cm³/mol. The van der Waals surface area contributed by atoms with Crippen molar-refractivity contribution in [3.05, 3.63) is 34.9 Å². The number of nitrogens with zero attached hydrogens (tertiary/aromatic N) is 1. The van der Waals surface area contributed by atoms with Crippen LogP contribution >= 0.6 is 0 Å². The molecule has 4 aliphatic rings. The Morgan fingerprint density at radius 2 is 1.70 bits per heavy atom. The maximum atomic E-state index is 13.0. The van der Waals surface area contributed by atoms with Crippen LogP contribution in [-0.4, -0.2) is 66.6 Å². The van der Waals surface area contributed by atoms with E-state index < -0.39 is 39.5 Å². The van der Waals surface area contributed by atoms with Crippen molar-refractivity contribution in [2.75, 3.05) is 11.5 Å². The second-order valence-electron chi connectivity index (χ2n) is 9.56. The van der Waals surface area contributed by atoms with Gasteiger partial charge >= 0.3 is 0 Å². The van der Waals surface area contributed by atoms with Gasteiger partial charge in [0.2, 0.25) is 11.8 Å². The van der Waals surface area contributed by atoms with E-state index in [1.807, 2.05) is 0 Å². The van der Waals surface area contributed by atoms with Gasteiger partial charge < -0.3 is 11.1 Å². The number of benzene rings is 1. The molecule has 33 heavy (non-hydrogen) atoms. The van der Waals surface area contributed by atoms with Crippen molar-refractivity contribution in [1.29, 1.82) is 0 Å². The average Bonchev–Trinajstić information content (AvgIpc) is 2.96. The van der Waals surface area contributed by atoms with Crippen LogP contribution in [0.4, 0.5) is 0 Å². The lowest BCUT2D eigenvalue weighted by atomic mass is 9.75. The standard InChI is InChI=1S/C22H26N4O6S/c23-14-6-12-9-33(31,32)10-13(7-14)19(12)24-8-11-1-2-15-16(5-11)22(30)26(21(15)29)17-3-4-18(27)25-20(17)28/h1-2,5,12-14,17,19,24H,3-4,6-10,23H2,(H,25,27,28). The number of nitrogens with one attached hydrogen (secondary N) is 2. The van der Waals surface area contributed by atoms with Crippen molar-refractivity contribution in [3.8, 4) is 0 Å². The molecule has 3 atom stereocenters. The van der Waals surface area contributed by atoms with E-state index in [1.165, 1.54) is 0 Å². The number of piperidine rings is 1. The molecule has 176 valence electrons. The Hall–Kier alpha value is -2.63. The monoisotopic (exact) mass is 474 g/mol. The highest BCUT2D eigenvalue weighted by molar-refractivity contribution is 7.91. The molecule has 4 amide bonds. The Morgan fingerprint density at radius 3 is 2.36 bits per heavy atom. The minimum absolute atomic E-state index is 0.00967. The molecule has 4 N–H and O–H groups in total. The van der Waals surface area contributed by atoms with Crippen LogP contribution in [0.5, 0.6) is 0 Å². The summed E-state index contributed by atoms with van der Waals surface area (Å²) in [7, 11) is -3.06. The first-order valence-electron chi connectivity index (χ1n) is 11.2. The number of amides is 4. The van der Waals surface area contributed by atoms with Gasteiger partial charge in [-0.05, 0) is 48.8 Å². The number of nitrogens with two attached hydrogens (primary N) is 1. The third-order valence-corrected chi connectivity index (χ3v) is 9.08. The van der Waals surface area contributed by atoms with E-state index in [2.05, 4.69) is 10.6 Å². The highest BCUT2D eigenvalue weighted by Gasteiger charge is 2.46. The average molecular weight is 475 g/mol. The number of carbonyl (C=O) groups excluding carboxylic acids is 4. The molecule has 1 aliphatic carbocycles. The number of hydrogen-bond donors (Lipinski definition) is 3. The summed E-state index contributed by atoms with van der Waals surface area (Å²) in [6, 6.07) is 4.03. The summed E-state index contributed by atoms with van der Waals surface area (Å²) < 4.78 is 24.4. The molecule has 2 saturated heterocycles. The van der Waals surface area contributed by atoms with Gasteiger partial charge in [0, 0.05) is 25.0 Å². The fourth-order valence-electron chi connectivity index (χ4n) is 5.81. The third kappa shape index (κ3) is 3.98. The van der Waals surface area contributed by atoms with Crippen LogP contribution in [0.1, 0.15) is 52.0 Å². The van der Waals surface area contributed by atoms with Crippen molar-refractivity contribution in [3.63, 3.8) is 0 Å². The van der Waals surface area contributed by atoms with Crippen LogP contribution in [-0.2, 0) is 26.0 Å². The third-order valence-electron chi connectivity index (χ3n) is 7.21. The second kappa shape index (κ2) is 8.00. The van der Waals surface area contributed by atoms with Gasteiger partial charge in [0.25, 0.3) is 11.8 Å². The molecule has 3 unspecified atom stereocenters. The molecule has 1 aromatic carbocycles. The molecule has 5 rings (SSSR count). The first kappa shape index (κ1) is 22.2. The summed E-state index contributed by atoms with van der Waals surface area (Å²) in [5.41, 5.74) is 7.38. The van der Waals surface area contributed by atoms with Gasteiger partial charge in [-0.1, -0.05) is 6.07 Å². The van der Waals surface area contributed by atoms with Crippen LogP contribution < -0.4 is 16.4 Å². The molecule has 3 fully saturated rings. The van der Waals surface area contributed by atoms with Crippen LogP contribution in [0.15, 0.2) is 18.2 Å². The van der Waals surface area contributed by atoms with Crippen molar-refractivity contribution in [2.24, 2.45) is 17.6 Å². The summed E-state index contributed by atoms with van der Waals surface area (Å²) in [5.74, 6) is -1.96. The maximum absolute atomic E-state index is 13.0. The number of imide groups is 2. The van der Waals surface area contributed by atoms with Gasteiger partial charge in [0.05, 0.1) is 22.6 Å². The van der Waals surface area contributed by atoms with Gasteiger partial charge in [-0.3, -0.25) is 29.4 Å². The zero-order valence-electron chi connectivity index (χ0n) is 18.0. The normalized spacial score (nSPS) is 33.1. The van der Waals surface area contributed by atoms with Crippen LogP contribution in [0, 0.1) is 11.8 Å². The van der Waals surface area contributed by atoms with E-state index in [0.29, 0.717) is 19.4 Å². The maximum Gasteiger partial charge on any atom is 0.262 e. The molecule has 1 aromatic rings. The van der Waals surface area contributed by atoms with Crippen molar-refractivity contribution in [1.82, 2.24) is 15.5 Å². The number of rotatable bonds is 4. The zero-order chi connectivity index (χ0) is 23.5. The lowest BCUT2D eigenvalue weighted by molar-refractivity contribution is -0.136. The summed E-state index contributed by atoms with van der Waals surface area (Å²) in [6.07, 6.45) is 1.50. The Labute approximate surface area is 191 Å². The molecule has 3 aliphatic heterocycles. The van der Waals surface area contributed by atoms with E-state index in [4.69, 9.17) is 5.73 Å². The largest absolute Gasteiger partial charge is 0.328 e. The summed E-state index contributed by atoms with van der Waals surface area (Å²) >= 11 is 0. The predicted octanol–water partition coefficient (Wildman–Crippen LogP) is -0.672. The fraction of sp³-hybridized carbons (Fsp3) is 0.545. The fourth-order valence-corrected chi connectivity index (χ4v) is 7.94. The quantitative estimate of drug-likeness (QED) is 0.485. The number of sulfone groups is 1. The van der Waals surface area contributed by atoms with Crippen molar-refractivity contribution in [2.45, 2.75) is 50.4 Å². The molecule has 3 heterocycles. The van der Waals surface area contributed by atoms with Gasteiger partial charge in [-0.15, -0.1) is 0 Å². The van der Waals surface area contributed by atoms with E-state index in [9.17, 15) is 27.6 Å². The van der Waals surface area contributed by atoms with Crippen LogP contribution in [0.2, 0.25) is 0 Å². The topological polar surface area (TPSA) is 156 Å². The van der Waals surface area contributed by atoms with Gasteiger partial charge in [0.1, 0.15) is 6.04 Å². The minimum atomic E-state index is -3.06.